The first-order chi connectivity index (χ1) is 10.3. The van der Waals surface area contributed by atoms with Crippen LogP contribution in [0.3, 0.4) is 0 Å². The number of benzene rings is 1. The zero-order valence-corrected chi connectivity index (χ0v) is 13.7. The Hall–Kier alpha value is -1.75. The lowest BCUT2D eigenvalue weighted by Crippen LogP contribution is -2.36. The highest BCUT2D eigenvalue weighted by atomic mass is 35.5. The van der Waals surface area contributed by atoms with Crippen LogP contribution in [0, 0.1) is 0 Å². The maximum Gasteiger partial charge on any atom is 0.410 e. The number of halogens is 1. The second-order valence-corrected chi connectivity index (χ2v) is 6.69. The molecule has 1 aliphatic heterocycles. The number of carbonyl (C=O) groups is 2. The second kappa shape index (κ2) is 6.57. The molecule has 22 heavy (non-hydrogen) atoms. The van der Waals surface area contributed by atoms with E-state index in [1.807, 2.05) is 20.8 Å². The van der Waals surface area contributed by atoms with Gasteiger partial charge in [-0.15, -0.1) is 0 Å². The Labute approximate surface area is 135 Å². The van der Waals surface area contributed by atoms with Crippen LogP contribution in [-0.4, -0.2) is 42.1 Å². The minimum absolute atomic E-state index is 0.160. The third-order valence-electron chi connectivity index (χ3n) is 3.19. The number of aldehydes is 1. The lowest BCUT2D eigenvalue weighted by molar-refractivity contribution is 0.0275. The summed E-state index contributed by atoms with van der Waals surface area (Å²) in [5.41, 5.74) is -0.111. The summed E-state index contributed by atoms with van der Waals surface area (Å²) in [6.07, 6.45) is 0.903. The van der Waals surface area contributed by atoms with Crippen LogP contribution in [0.4, 0.5) is 4.79 Å². The van der Waals surface area contributed by atoms with Crippen LogP contribution in [0.1, 0.15) is 37.6 Å². The van der Waals surface area contributed by atoms with Crippen molar-refractivity contribution < 1.29 is 19.1 Å². The molecule has 1 atom stereocenters. The van der Waals surface area contributed by atoms with Gasteiger partial charge in [0.15, 0.2) is 6.29 Å². The van der Waals surface area contributed by atoms with Gasteiger partial charge in [-0.05, 0) is 39.0 Å². The summed E-state index contributed by atoms with van der Waals surface area (Å²) in [4.78, 5) is 24.7. The third-order valence-corrected chi connectivity index (χ3v) is 3.42. The van der Waals surface area contributed by atoms with E-state index in [-0.39, 0.29) is 12.2 Å². The Morgan fingerprint density at radius 3 is 2.77 bits per heavy atom. The minimum atomic E-state index is -0.517. The van der Waals surface area contributed by atoms with Crippen molar-refractivity contribution >= 4 is 24.0 Å². The molecule has 0 aromatic heterocycles. The number of carbonyl (C=O) groups excluding carboxylic acids is 2. The number of rotatable bonds is 3. The summed E-state index contributed by atoms with van der Waals surface area (Å²) in [7, 11) is 0. The highest BCUT2D eigenvalue weighted by Crippen LogP contribution is 2.25. The van der Waals surface area contributed by atoms with Crippen molar-refractivity contribution in [3.05, 3.63) is 28.8 Å². The summed E-state index contributed by atoms with van der Waals surface area (Å²) in [6, 6.07) is 4.90. The summed E-state index contributed by atoms with van der Waals surface area (Å²) in [5.74, 6) is 0.482. The molecule has 0 spiro atoms. The van der Waals surface area contributed by atoms with E-state index in [9.17, 15) is 9.59 Å². The van der Waals surface area contributed by atoms with Crippen molar-refractivity contribution in [2.75, 3.05) is 13.1 Å². The Kier molecular flexibility index (Phi) is 4.96. The molecule has 1 aromatic carbocycles. The predicted octanol–water partition coefficient (Wildman–Crippen LogP) is 3.54. The Morgan fingerprint density at radius 2 is 2.14 bits per heavy atom. The molecule has 0 radical (unpaired) electrons. The molecular weight excluding hydrogens is 306 g/mol. The van der Waals surface area contributed by atoms with Crippen LogP contribution in [0.15, 0.2) is 18.2 Å². The molecule has 1 fully saturated rings. The van der Waals surface area contributed by atoms with Gasteiger partial charge in [0.05, 0.1) is 12.1 Å². The van der Waals surface area contributed by atoms with Crippen LogP contribution < -0.4 is 4.74 Å². The molecule has 0 saturated carbocycles. The van der Waals surface area contributed by atoms with Gasteiger partial charge in [0.2, 0.25) is 0 Å². The summed E-state index contributed by atoms with van der Waals surface area (Å²) < 4.78 is 11.2. The smallest absolute Gasteiger partial charge is 0.410 e. The zero-order chi connectivity index (χ0) is 16.3. The Bertz CT molecular complexity index is 568. The van der Waals surface area contributed by atoms with Crippen LogP contribution in [-0.2, 0) is 4.74 Å². The van der Waals surface area contributed by atoms with E-state index in [2.05, 4.69) is 0 Å². The second-order valence-electron chi connectivity index (χ2n) is 6.25. The summed E-state index contributed by atoms with van der Waals surface area (Å²) in [5, 5.41) is 0.483. The van der Waals surface area contributed by atoms with Crippen LogP contribution in [0.5, 0.6) is 5.75 Å². The van der Waals surface area contributed by atoms with Crippen molar-refractivity contribution in [2.24, 2.45) is 0 Å². The minimum Gasteiger partial charge on any atom is -0.488 e. The third kappa shape index (κ3) is 4.37. The zero-order valence-electron chi connectivity index (χ0n) is 13.0. The topological polar surface area (TPSA) is 55.8 Å². The fourth-order valence-electron chi connectivity index (χ4n) is 2.22. The molecule has 120 valence electrons. The normalized spacial score (nSPS) is 18.2. The number of amides is 1. The van der Waals surface area contributed by atoms with Gasteiger partial charge in [0.25, 0.3) is 0 Å². The molecule has 1 aromatic rings. The molecular formula is C16H20ClNO4. The molecule has 0 unspecified atom stereocenters. The molecule has 0 N–H and O–H groups in total. The van der Waals surface area contributed by atoms with Gasteiger partial charge in [0, 0.05) is 18.0 Å². The maximum absolute atomic E-state index is 12.0. The van der Waals surface area contributed by atoms with E-state index in [0.29, 0.717) is 42.1 Å². The fourth-order valence-corrected chi connectivity index (χ4v) is 2.40. The number of ether oxygens (including phenoxy) is 2. The van der Waals surface area contributed by atoms with Crippen LogP contribution >= 0.6 is 11.6 Å². The SMILES string of the molecule is CC(C)(C)OC(=O)N1CC[C@@H](Oc2ccc(Cl)cc2C=O)C1. The van der Waals surface area contributed by atoms with Crippen molar-refractivity contribution in [3.63, 3.8) is 0 Å². The average molecular weight is 326 g/mol. The first kappa shape index (κ1) is 16.6. The number of nitrogens with zero attached hydrogens (tertiary/aromatic N) is 1. The Balaban J connectivity index is 1.97. The number of likely N-dealkylation sites (tertiary alicyclic amines) is 1. The van der Waals surface area contributed by atoms with E-state index in [1.54, 1.807) is 23.1 Å². The quantitative estimate of drug-likeness (QED) is 0.798. The molecule has 1 aliphatic rings. The van der Waals surface area contributed by atoms with Crippen molar-refractivity contribution in [1.82, 2.24) is 4.90 Å². The summed E-state index contributed by atoms with van der Waals surface area (Å²) in [6.45, 7) is 6.51. The van der Waals surface area contributed by atoms with Gasteiger partial charge in [-0.25, -0.2) is 4.79 Å². The molecule has 0 aliphatic carbocycles. The van der Waals surface area contributed by atoms with Crippen molar-refractivity contribution in [2.45, 2.75) is 38.9 Å². The number of hydrogen-bond donors (Lipinski definition) is 0. The first-order valence-corrected chi connectivity index (χ1v) is 7.55. The van der Waals surface area contributed by atoms with E-state index in [4.69, 9.17) is 21.1 Å². The van der Waals surface area contributed by atoms with Crippen LogP contribution in [0.25, 0.3) is 0 Å². The lowest BCUT2D eigenvalue weighted by Gasteiger charge is -2.24. The molecule has 0 bridgehead atoms. The van der Waals surface area contributed by atoms with Gasteiger partial charge >= 0.3 is 6.09 Å². The fraction of sp³-hybridized carbons (Fsp3) is 0.500. The van der Waals surface area contributed by atoms with Gasteiger partial charge in [-0.2, -0.15) is 0 Å². The monoisotopic (exact) mass is 325 g/mol. The lowest BCUT2D eigenvalue weighted by atomic mass is 10.2. The van der Waals surface area contributed by atoms with E-state index >= 15 is 0 Å². The maximum atomic E-state index is 12.0. The highest BCUT2D eigenvalue weighted by Gasteiger charge is 2.31. The predicted molar refractivity (Wildman–Crippen MR) is 83.7 cm³/mol. The van der Waals surface area contributed by atoms with E-state index in [1.165, 1.54) is 0 Å². The highest BCUT2D eigenvalue weighted by molar-refractivity contribution is 6.30. The van der Waals surface area contributed by atoms with Gasteiger partial charge < -0.3 is 14.4 Å². The molecule has 1 heterocycles. The van der Waals surface area contributed by atoms with E-state index in [0.717, 1.165) is 0 Å². The van der Waals surface area contributed by atoms with Gasteiger partial charge in [0.1, 0.15) is 17.5 Å². The van der Waals surface area contributed by atoms with Crippen molar-refractivity contribution in [1.29, 1.82) is 0 Å². The van der Waals surface area contributed by atoms with Crippen molar-refractivity contribution in [3.8, 4) is 5.75 Å². The standard InChI is InChI=1S/C16H20ClNO4/c1-16(2,3)22-15(20)18-7-6-13(9-18)21-14-5-4-12(17)8-11(14)10-19/h4-5,8,10,13H,6-7,9H2,1-3H3/t13-/m1/s1. The molecule has 1 saturated heterocycles. The van der Waals surface area contributed by atoms with E-state index < -0.39 is 5.60 Å². The Morgan fingerprint density at radius 1 is 1.41 bits per heavy atom. The molecule has 1 amide bonds. The van der Waals surface area contributed by atoms with Gasteiger partial charge in [-0.3, -0.25) is 4.79 Å². The van der Waals surface area contributed by atoms with Gasteiger partial charge in [-0.1, -0.05) is 11.6 Å². The summed E-state index contributed by atoms with van der Waals surface area (Å²) >= 11 is 5.85. The number of hydrogen-bond acceptors (Lipinski definition) is 4. The average Bonchev–Trinajstić information content (AvgIpc) is 2.87. The largest absolute Gasteiger partial charge is 0.488 e. The molecule has 2 rings (SSSR count). The van der Waals surface area contributed by atoms with Crippen LogP contribution in [0.2, 0.25) is 5.02 Å². The first-order valence-electron chi connectivity index (χ1n) is 7.18. The molecule has 5 nitrogen and oxygen atoms in total. The molecule has 6 heteroatoms.